The molecule has 1 N–H and O–H groups in total. The molecule has 2 rings (SSSR count). The first-order valence-corrected chi connectivity index (χ1v) is 6.45. The van der Waals surface area contributed by atoms with Gasteiger partial charge in [-0.1, -0.05) is 0 Å². The van der Waals surface area contributed by atoms with Crippen LogP contribution in [0.3, 0.4) is 0 Å². The van der Waals surface area contributed by atoms with Crippen molar-refractivity contribution in [3.8, 4) is 11.5 Å². The summed E-state index contributed by atoms with van der Waals surface area (Å²) in [6.45, 7) is 0. The van der Waals surface area contributed by atoms with Gasteiger partial charge in [0, 0.05) is 11.1 Å². The summed E-state index contributed by atoms with van der Waals surface area (Å²) in [5.74, 6) is 0.409. The molecule has 0 unspecified atom stereocenters. The Morgan fingerprint density at radius 3 is 2.50 bits per heavy atom. The number of carbonyl (C=O) groups is 1. The zero-order valence-electron chi connectivity index (χ0n) is 12.2. The number of methoxy groups -OCH3 is 2. The predicted molar refractivity (Wildman–Crippen MR) is 81.0 cm³/mol. The van der Waals surface area contributed by atoms with E-state index in [0.717, 1.165) is 0 Å². The molecule has 0 bridgehead atoms. The van der Waals surface area contributed by atoms with E-state index in [1.54, 1.807) is 25.3 Å². The Bertz CT molecular complexity index is 684. The number of hydrogen-bond acceptors (Lipinski definition) is 4. The first-order valence-electron chi connectivity index (χ1n) is 6.45. The van der Waals surface area contributed by atoms with Crippen molar-refractivity contribution in [2.75, 3.05) is 14.2 Å². The summed E-state index contributed by atoms with van der Waals surface area (Å²) in [6, 6.07) is 10.4. The van der Waals surface area contributed by atoms with E-state index in [4.69, 9.17) is 9.47 Å². The van der Waals surface area contributed by atoms with E-state index in [-0.39, 0.29) is 0 Å². The summed E-state index contributed by atoms with van der Waals surface area (Å²) in [5.41, 5.74) is 3.34. The number of amides is 1. The number of nitrogens with one attached hydrogen (secondary N) is 1. The van der Waals surface area contributed by atoms with Crippen molar-refractivity contribution in [3.63, 3.8) is 0 Å². The molecule has 0 radical (unpaired) electrons. The lowest BCUT2D eigenvalue weighted by Gasteiger charge is -2.06. The van der Waals surface area contributed by atoms with Gasteiger partial charge >= 0.3 is 0 Å². The van der Waals surface area contributed by atoms with Crippen molar-refractivity contribution >= 4 is 12.1 Å². The topological polar surface area (TPSA) is 59.9 Å². The molecule has 2 aromatic rings. The fourth-order valence-corrected chi connectivity index (χ4v) is 1.77. The Kier molecular flexibility index (Phi) is 5.08. The standard InChI is InChI=1S/C16H15FN2O3/c1-21-14-7-8-15(22-2)12(9-14)10-18-19-16(20)11-3-5-13(17)6-4-11/h3-10H,1-2H3,(H,19,20)/b18-10+. The molecule has 1 amide bonds. The Morgan fingerprint density at radius 2 is 1.86 bits per heavy atom. The van der Waals surface area contributed by atoms with Crippen molar-refractivity contribution in [1.82, 2.24) is 5.43 Å². The van der Waals surface area contributed by atoms with Gasteiger partial charge in [0.15, 0.2) is 0 Å². The summed E-state index contributed by atoms with van der Waals surface area (Å²) in [6.07, 6.45) is 1.45. The van der Waals surface area contributed by atoms with Gasteiger partial charge in [0.2, 0.25) is 0 Å². The van der Waals surface area contributed by atoms with E-state index in [1.807, 2.05) is 0 Å². The van der Waals surface area contributed by atoms with Gasteiger partial charge in [-0.2, -0.15) is 5.10 Å². The zero-order chi connectivity index (χ0) is 15.9. The second-order valence-corrected chi connectivity index (χ2v) is 4.31. The lowest BCUT2D eigenvalue weighted by atomic mass is 10.2. The quantitative estimate of drug-likeness (QED) is 0.682. The van der Waals surface area contributed by atoms with Crippen LogP contribution in [0.25, 0.3) is 0 Å². The molecule has 0 atom stereocenters. The van der Waals surface area contributed by atoms with Crippen LogP contribution in [-0.4, -0.2) is 26.3 Å². The third-order valence-electron chi connectivity index (χ3n) is 2.91. The molecule has 0 spiro atoms. The van der Waals surface area contributed by atoms with Crippen molar-refractivity contribution in [3.05, 3.63) is 59.4 Å². The van der Waals surface area contributed by atoms with E-state index in [9.17, 15) is 9.18 Å². The van der Waals surface area contributed by atoms with E-state index in [1.165, 1.54) is 37.6 Å². The van der Waals surface area contributed by atoms with Crippen LogP contribution < -0.4 is 14.9 Å². The Balaban J connectivity index is 2.08. The molecule has 0 aliphatic rings. The SMILES string of the molecule is COc1ccc(OC)c(/C=N/NC(=O)c2ccc(F)cc2)c1. The molecule has 0 heterocycles. The second kappa shape index (κ2) is 7.21. The maximum atomic E-state index is 12.8. The molecular weight excluding hydrogens is 287 g/mol. The molecule has 2 aromatic carbocycles. The molecule has 114 valence electrons. The first-order chi connectivity index (χ1) is 10.6. The summed E-state index contributed by atoms with van der Waals surface area (Å²) in [7, 11) is 3.09. The minimum atomic E-state index is -0.432. The highest BCUT2D eigenvalue weighted by atomic mass is 19.1. The van der Waals surface area contributed by atoms with Gasteiger partial charge in [0.25, 0.3) is 5.91 Å². The number of nitrogens with zero attached hydrogens (tertiary/aromatic N) is 1. The number of hydrogen-bond donors (Lipinski definition) is 1. The second-order valence-electron chi connectivity index (χ2n) is 4.31. The lowest BCUT2D eigenvalue weighted by Crippen LogP contribution is -2.17. The first kappa shape index (κ1) is 15.5. The molecule has 0 saturated heterocycles. The molecule has 0 fully saturated rings. The number of ether oxygens (including phenoxy) is 2. The minimum Gasteiger partial charge on any atom is -0.497 e. The largest absolute Gasteiger partial charge is 0.497 e. The minimum absolute atomic E-state index is 0.316. The summed E-state index contributed by atoms with van der Waals surface area (Å²) in [4.78, 5) is 11.8. The van der Waals surface area contributed by atoms with E-state index >= 15 is 0 Å². The Labute approximate surface area is 127 Å². The van der Waals surface area contributed by atoms with Crippen LogP contribution in [0, 0.1) is 5.82 Å². The molecule has 0 saturated carbocycles. The highest BCUT2D eigenvalue weighted by molar-refractivity contribution is 5.95. The summed E-state index contributed by atoms with van der Waals surface area (Å²) < 4.78 is 23.1. The maximum absolute atomic E-state index is 12.8. The average Bonchev–Trinajstić information content (AvgIpc) is 2.55. The summed E-state index contributed by atoms with van der Waals surface area (Å²) >= 11 is 0. The van der Waals surface area contributed by atoms with E-state index in [0.29, 0.717) is 22.6 Å². The smallest absolute Gasteiger partial charge is 0.271 e. The summed E-state index contributed by atoms with van der Waals surface area (Å²) in [5, 5.41) is 3.87. The number of rotatable bonds is 5. The van der Waals surface area contributed by atoms with Crippen LogP contribution in [0.4, 0.5) is 4.39 Å². The molecule has 0 aromatic heterocycles. The predicted octanol–water partition coefficient (Wildman–Crippen LogP) is 2.61. The molecule has 22 heavy (non-hydrogen) atoms. The number of benzene rings is 2. The van der Waals surface area contributed by atoms with E-state index < -0.39 is 11.7 Å². The highest BCUT2D eigenvalue weighted by Gasteiger charge is 2.05. The highest BCUT2D eigenvalue weighted by Crippen LogP contribution is 2.22. The van der Waals surface area contributed by atoms with Crippen LogP contribution in [0.2, 0.25) is 0 Å². The Hall–Kier alpha value is -2.89. The Morgan fingerprint density at radius 1 is 1.14 bits per heavy atom. The maximum Gasteiger partial charge on any atom is 0.271 e. The van der Waals surface area contributed by atoms with Gasteiger partial charge in [-0.05, 0) is 42.5 Å². The fourth-order valence-electron chi connectivity index (χ4n) is 1.77. The van der Waals surface area contributed by atoms with Gasteiger partial charge in [0.05, 0.1) is 20.4 Å². The number of carbonyl (C=O) groups excluding carboxylic acids is 1. The van der Waals surface area contributed by atoms with Crippen molar-refractivity contribution in [1.29, 1.82) is 0 Å². The van der Waals surface area contributed by atoms with Gasteiger partial charge in [-0.15, -0.1) is 0 Å². The molecule has 0 aliphatic carbocycles. The molecular formula is C16H15FN2O3. The van der Waals surface area contributed by atoms with Crippen LogP contribution in [0.15, 0.2) is 47.6 Å². The number of halogens is 1. The van der Waals surface area contributed by atoms with Crippen LogP contribution in [0.5, 0.6) is 11.5 Å². The molecule has 5 nitrogen and oxygen atoms in total. The normalized spacial score (nSPS) is 10.5. The number of hydrazone groups is 1. The van der Waals surface area contributed by atoms with Crippen molar-refractivity contribution in [2.24, 2.45) is 5.10 Å². The molecule has 6 heteroatoms. The van der Waals surface area contributed by atoms with Gasteiger partial charge in [0.1, 0.15) is 17.3 Å². The fraction of sp³-hybridized carbons (Fsp3) is 0.125. The zero-order valence-corrected chi connectivity index (χ0v) is 12.2. The average molecular weight is 302 g/mol. The van der Waals surface area contributed by atoms with Crippen molar-refractivity contribution < 1.29 is 18.7 Å². The third kappa shape index (κ3) is 3.82. The van der Waals surface area contributed by atoms with Gasteiger partial charge < -0.3 is 9.47 Å². The van der Waals surface area contributed by atoms with Gasteiger partial charge in [-0.25, -0.2) is 9.82 Å². The van der Waals surface area contributed by atoms with E-state index in [2.05, 4.69) is 10.5 Å². The lowest BCUT2D eigenvalue weighted by molar-refractivity contribution is 0.0955. The van der Waals surface area contributed by atoms with Crippen LogP contribution >= 0.6 is 0 Å². The third-order valence-corrected chi connectivity index (χ3v) is 2.91. The van der Waals surface area contributed by atoms with Crippen LogP contribution in [0.1, 0.15) is 15.9 Å². The molecule has 0 aliphatic heterocycles. The van der Waals surface area contributed by atoms with Gasteiger partial charge in [-0.3, -0.25) is 4.79 Å². The van der Waals surface area contributed by atoms with Crippen LogP contribution in [-0.2, 0) is 0 Å². The monoisotopic (exact) mass is 302 g/mol. The van der Waals surface area contributed by atoms with Crippen molar-refractivity contribution in [2.45, 2.75) is 0 Å².